The number of aromatic nitrogens is 2. The van der Waals surface area contributed by atoms with Crippen molar-refractivity contribution in [3.63, 3.8) is 0 Å². The molecule has 0 saturated carbocycles. The molecule has 2 heterocycles. The van der Waals surface area contributed by atoms with Crippen molar-refractivity contribution in [1.82, 2.24) is 9.97 Å². The van der Waals surface area contributed by atoms with Crippen LogP contribution in [0.15, 0.2) is 36.4 Å². The standard InChI is InChI=1S/C14H12ClN3S/c1-9-4-2-5-10(17-9)8-16-14-18-12-7-3-6-11(15)13(12)19-14/h2-7H,8H2,1H3,(H,16,18). The van der Waals surface area contributed by atoms with Gasteiger partial charge in [0.25, 0.3) is 0 Å². The predicted molar refractivity (Wildman–Crippen MR) is 80.9 cm³/mol. The van der Waals surface area contributed by atoms with E-state index in [9.17, 15) is 0 Å². The largest absolute Gasteiger partial charge is 0.356 e. The zero-order valence-corrected chi connectivity index (χ0v) is 11.9. The van der Waals surface area contributed by atoms with E-state index < -0.39 is 0 Å². The Kier molecular flexibility index (Phi) is 3.36. The maximum absolute atomic E-state index is 6.14. The molecule has 0 aliphatic rings. The molecule has 0 aliphatic heterocycles. The first kappa shape index (κ1) is 12.4. The molecule has 0 spiro atoms. The Hall–Kier alpha value is -1.65. The van der Waals surface area contributed by atoms with E-state index in [1.165, 1.54) is 0 Å². The number of hydrogen-bond acceptors (Lipinski definition) is 4. The lowest BCUT2D eigenvalue weighted by Gasteiger charge is -2.02. The van der Waals surface area contributed by atoms with Gasteiger partial charge in [0.2, 0.25) is 0 Å². The molecule has 3 nitrogen and oxygen atoms in total. The minimum absolute atomic E-state index is 0.666. The van der Waals surface area contributed by atoms with E-state index in [0.29, 0.717) is 6.54 Å². The summed E-state index contributed by atoms with van der Waals surface area (Å²) in [5.41, 5.74) is 2.95. The third-order valence-electron chi connectivity index (χ3n) is 2.73. The summed E-state index contributed by atoms with van der Waals surface area (Å²) in [5.74, 6) is 0. The van der Waals surface area contributed by atoms with Gasteiger partial charge in [-0.1, -0.05) is 35.1 Å². The summed E-state index contributed by atoms with van der Waals surface area (Å²) in [6, 6.07) is 11.8. The van der Waals surface area contributed by atoms with Crippen LogP contribution in [0.3, 0.4) is 0 Å². The smallest absolute Gasteiger partial charge is 0.184 e. The molecule has 0 radical (unpaired) electrons. The van der Waals surface area contributed by atoms with Gasteiger partial charge in [0.15, 0.2) is 5.13 Å². The third kappa shape index (κ3) is 2.69. The highest BCUT2D eigenvalue weighted by atomic mass is 35.5. The fourth-order valence-corrected chi connectivity index (χ4v) is 3.01. The number of rotatable bonds is 3. The number of thiazole rings is 1. The van der Waals surface area contributed by atoms with Crippen molar-refractivity contribution in [2.24, 2.45) is 0 Å². The number of nitrogens with zero attached hydrogens (tertiary/aromatic N) is 2. The summed E-state index contributed by atoms with van der Waals surface area (Å²) in [7, 11) is 0. The predicted octanol–water partition coefficient (Wildman–Crippen LogP) is 4.27. The topological polar surface area (TPSA) is 37.8 Å². The van der Waals surface area contributed by atoms with Gasteiger partial charge >= 0.3 is 0 Å². The lowest BCUT2D eigenvalue weighted by molar-refractivity contribution is 1.01. The van der Waals surface area contributed by atoms with Crippen LogP contribution in [0.25, 0.3) is 10.2 Å². The number of halogens is 1. The van der Waals surface area contributed by atoms with Crippen molar-refractivity contribution in [3.8, 4) is 0 Å². The van der Waals surface area contributed by atoms with Crippen molar-refractivity contribution < 1.29 is 0 Å². The van der Waals surface area contributed by atoms with E-state index in [1.807, 2.05) is 43.3 Å². The van der Waals surface area contributed by atoms with E-state index in [4.69, 9.17) is 11.6 Å². The number of benzene rings is 1. The SMILES string of the molecule is Cc1cccc(CNc2nc3cccc(Cl)c3s2)n1. The molecular formula is C14H12ClN3S. The highest BCUT2D eigenvalue weighted by Gasteiger charge is 2.06. The van der Waals surface area contributed by atoms with Gasteiger partial charge in [-0.3, -0.25) is 4.98 Å². The Morgan fingerprint density at radius 2 is 2.00 bits per heavy atom. The van der Waals surface area contributed by atoms with Gasteiger partial charge in [0, 0.05) is 5.69 Å². The summed E-state index contributed by atoms with van der Waals surface area (Å²) >= 11 is 7.70. The molecule has 0 aliphatic carbocycles. The Labute approximate surface area is 120 Å². The number of hydrogen-bond donors (Lipinski definition) is 1. The van der Waals surface area contributed by atoms with Gasteiger partial charge in [-0.15, -0.1) is 0 Å². The minimum Gasteiger partial charge on any atom is -0.356 e. The molecule has 96 valence electrons. The first-order valence-electron chi connectivity index (χ1n) is 5.94. The molecule has 0 atom stereocenters. The van der Waals surface area contributed by atoms with Crippen LogP contribution in [0.2, 0.25) is 5.02 Å². The van der Waals surface area contributed by atoms with Gasteiger partial charge in [0.05, 0.1) is 27.5 Å². The highest BCUT2D eigenvalue weighted by Crippen LogP contribution is 2.31. The summed E-state index contributed by atoms with van der Waals surface area (Å²) < 4.78 is 1.02. The molecule has 0 bridgehead atoms. The van der Waals surface area contributed by atoms with Crippen LogP contribution in [-0.4, -0.2) is 9.97 Å². The highest BCUT2D eigenvalue weighted by molar-refractivity contribution is 7.22. The number of aryl methyl sites for hydroxylation is 1. The minimum atomic E-state index is 0.666. The summed E-state index contributed by atoms with van der Waals surface area (Å²) in [4.78, 5) is 8.95. The molecule has 0 saturated heterocycles. The van der Waals surface area contributed by atoms with Crippen LogP contribution < -0.4 is 5.32 Å². The molecule has 1 N–H and O–H groups in total. The van der Waals surface area contributed by atoms with E-state index >= 15 is 0 Å². The summed E-state index contributed by atoms with van der Waals surface area (Å²) in [6.07, 6.45) is 0. The molecule has 0 fully saturated rings. The van der Waals surface area contributed by atoms with Gasteiger partial charge in [-0.05, 0) is 31.2 Å². The van der Waals surface area contributed by atoms with Crippen molar-refractivity contribution in [3.05, 3.63) is 52.8 Å². The van der Waals surface area contributed by atoms with Crippen LogP contribution >= 0.6 is 22.9 Å². The second-order valence-electron chi connectivity index (χ2n) is 4.23. The molecule has 0 unspecified atom stereocenters. The molecule has 5 heteroatoms. The fourth-order valence-electron chi connectivity index (χ4n) is 1.86. The molecular weight excluding hydrogens is 278 g/mol. The molecule has 3 aromatic rings. The second-order valence-corrected chi connectivity index (χ2v) is 5.64. The number of fused-ring (bicyclic) bond motifs is 1. The first-order chi connectivity index (χ1) is 9.22. The van der Waals surface area contributed by atoms with E-state index in [-0.39, 0.29) is 0 Å². The van der Waals surface area contributed by atoms with Gasteiger partial charge in [-0.2, -0.15) is 0 Å². The molecule has 3 rings (SSSR count). The number of nitrogens with one attached hydrogen (secondary N) is 1. The van der Waals surface area contributed by atoms with Crippen molar-refractivity contribution >= 4 is 38.3 Å². The van der Waals surface area contributed by atoms with Gasteiger partial charge in [-0.25, -0.2) is 4.98 Å². The zero-order chi connectivity index (χ0) is 13.2. The van der Waals surface area contributed by atoms with Crippen molar-refractivity contribution in [2.75, 3.05) is 5.32 Å². The first-order valence-corrected chi connectivity index (χ1v) is 7.13. The maximum atomic E-state index is 6.14. The monoisotopic (exact) mass is 289 g/mol. The normalized spacial score (nSPS) is 10.8. The summed E-state index contributed by atoms with van der Waals surface area (Å²) in [6.45, 7) is 2.65. The average Bonchev–Trinajstić information content (AvgIpc) is 2.81. The van der Waals surface area contributed by atoms with Crippen LogP contribution in [0, 0.1) is 6.92 Å². The number of pyridine rings is 1. The lowest BCUT2D eigenvalue weighted by Crippen LogP contribution is -2.01. The lowest BCUT2D eigenvalue weighted by atomic mass is 10.3. The molecule has 2 aromatic heterocycles. The van der Waals surface area contributed by atoms with E-state index in [0.717, 1.165) is 31.8 Å². The van der Waals surface area contributed by atoms with Crippen molar-refractivity contribution in [2.45, 2.75) is 13.5 Å². The van der Waals surface area contributed by atoms with Crippen LogP contribution in [0.5, 0.6) is 0 Å². The van der Waals surface area contributed by atoms with Gasteiger partial charge < -0.3 is 5.32 Å². The van der Waals surface area contributed by atoms with E-state index in [1.54, 1.807) is 11.3 Å². The Morgan fingerprint density at radius 1 is 1.16 bits per heavy atom. The molecule has 0 amide bonds. The molecule has 19 heavy (non-hydrogen) atoms. The number of anilines is 1. The maximum Gasteiger partial charge on any atom is 0.184 e. The second kappa shape index (κ2) is 5.15. The third-order valence-corrected chi connectivity index (χ3v) is 4.22. The fraction of sp³-hybridized carbons (Fsp3) is 0.143. The van der Waals surface area contributed by atoms with Crippen LogP contribution in [-0.2, 0) is 6.54 Å². The Balaban J connectivity index is 1.80. The Bertz CT molecular complexity index is 724. The quantitative estimate of drug-likeness (QED) is 0.782. The Morgan fingerprint density at radius 3 is 2.79 bits per heavy atom. The van der Waals surface area contributed by atoms with Crippen LogP contribution in [0.4, 0.5) is 5.13 Å². The van der Waals surface area contributed by atoms with Gasteiger partial charge in [0.1, 0.15) is 0 Å². The van der Waals surface area contributed by atoms with Crippen molar-refractivity contribution in [1.29, 1.82) is 0 Å². The zero-order valence-electron chi connectivity index (χ0n) is 10.4. The van der Waals surface area contributed by atoms with E-state index in [2.05, 4.69) is 15.3 Å². The van der Waals surface area contributed by atoms with Crippen LogP contribution in [0.1, 0.15) is 11.4 Å². The molecule has 1 aromatic carbocycles. The summed E-state index contributed by atoms with van der Waals surface area (Å²) in [5, 5.41) is 4.91. The average molecular weight is 290 g/mol.